The quantitative estimate of drug-likeness (QED) is 0.217. The van der Waals surface area contributed by atoms with E-state index in [1.165, 1.54) is 32.1 Å². The van der Waals surface area contributed by atoms with Gasteiger partial charge in [-0.05, 0) is 39.7 Å². The highest BCUT2D eigenvalue weighted by Crippen LogP contribution is 2.21. The van der Waals surface area contributed by atoms with Crippen LogP contribution in [0.4, 0.5) is 0 Å². The Morgan fingerprint density at radius 2 is 1.07 bits per heavy atom. The van der Waals surface area contributed by atoms with Crippen LogP contribution in [-0.4, -0.2) is 57.3 Å². The lowest BCUT2D eigenvalue weighted by Gasteiger charge is -2.38. The van der Waals surface area contributed by atoms with Gasteiger partial charge in [0.15, 0.2) is 0 Å². The van der Waals surface area contributed by atoms with Crippen molar-refractivity contribution in [3.05, 3.63) is 12.3 Å². The molecule has 0 aliphatic carbocycles. The van der Waals surface area contributed by atoms with Crippen LogP contribution in [0.15, 0.2) is 12.3 Å². The van der Waals surface area contributed by atoms with E-state index in [0.717, 1.165) is 19.3 Å². The number of hydrogen-bond acceptors (Lipinski definition) is 3. The normalized spacial score (nSPS) is 16.7. The van der Waals surface area contributed by atoms with E-state index in [1.54, 1.807) is 20.8 Å². The molecule has 3 unspecified atom stereocenters. The molecule has 0 aliphatic rings. The van der Waals surface area contributed by atoms with Crippen LogP contribution in [0.5, 0.6) is 0 Å². The first-order valence-electron chi connectivity index (χ1n) is 11.3. The molecular weight excluding hydrogens is 386 g/mol. The van der Waals surface area contributed by atoms with E-state index in [-0.39, 0.29) is 24.1 Å². The van der Waals surface area contributed by atoms with E-state index in [2.05, 4.69) is 6.92 Å². The summed E-state index contributed by atoms with van der Waals surface area (Å²) in [5, 5.41) is 28.2. The second-order valence-electron chi connectivity index (χ2n) is 8.78. The summed E-state index contributed by atoms with van der Waals surface area (Å²) in [5.41, 5.74) is 0. The van der Waals surface area contributed by atoms with E-state index >= 15 is 0 Å². The number of allylic oxidation sites excluding steroid dienone is 1. The lowest BCUT2D eigenvalue weighted by molar-refractivity contribution is -0.886. The largest absolute Gasteiger partial charge is 0.481 e. The van der Waals surface area contributed by atoms with Gasteiger partial charge in [-0.2, -0.15) is 0 Å². The van der Waals surface area contributed by atoms with E-state index in [9.17, 15) is 29.7 Å². The molecule has 0 aromatic heterocycles. The summed E-state index contributed by atoms with van der Waals surface area (Å²) in [6.45, 7) is 7.42. The molecule has 0 radical (unpaired) electrons. The Hall–Kier alpha value is -1.89. The third-order valence-corrected chi connectivity index (χ3v) is 5.57. The van der Waals surface area contributed by atoms with Gasteiger partial charge in [-0.1, -0.05) is 45.4 Å². The van der Waals surface area contributed by atoms with Gasteiger partial charge in [0.1, 0.15) is 17.8 Å². The third-order valence-electron chi connectivity index (χ3n) is 5.57. The summed E-state index contributed by atoms with van der Waals surface area (Å²) >= 11 is 0. The zero-order chi connectivity index (χ0) is 23.2. The molecule has 0 aromatic carbocycles. The first kappa shape index (κ1) is 28.1. The minimum absolute atomic E-state index is 0.0465. The summed E-state index contributed by atoms with van der Waals surface area (Å²) in [5.74, 6) is -5.04. The number of carboxylic acid groups (broad SMARTS) is 3. The molecule has 0 aromatic rings. The van der Waals surface area contributed by atoms with Crippen LogP contribution < -0.4 is 0 Å². The Labute approximate surface area is 181 Å². The highest BCUT2D eigenvalue weighted by molar-refractivity contribution is 5.70. The summed E-state index contributed by atoms with van der Waals surface area (Å²) in [6.07, 6.45) is 13.0. The smallest absolute Gasteiger partial charge is 0.311 e. The van der Waals surface area contributed by atoms with Crippen molar-refractivity contribution in [1.82, 2.24) is 0 Å². The van der Waals surface area contributed by atoms with Gasteiger partial charge in [-0.15, -0.1) is 0 Å². The summed E-state index contributed by atoms with van der Waals surface area (Å²) in [6, 6.07) is 0. The van der Waals surface area contributed by atoms with Gasteiger partial charge in [-0.25, -0.2) is 0 Å². The van der Waals surface area contributed by atoms with Crippen molar-refractivity contribution < 1.29 is 34.2 Å². The van der Waals surface area contributed by atoms with Crippen LogP contribution >= 0.6 is 0 Å². The second-order valence-corrected chi connectivity index (χ2v) is 8.78. The van der Waals surface area contributed by atoms with Crippen molar-refractivity contribution in [2.24, 2.45) is 17.8 Å². The highest BCUT2D eigenvalue weighted by atomic mass is 16.4. The molecule has 0 saturated carbocycles. The highest BCUT2D eigenvalue weighted by Gasteiger charge is 2.37. The molecule has 0 aliphatic heterocycles. The third kappa shape index (κ3) is 12.0. The zero-order valence-electron chi connectivity index (χ0n) is 19.2. The first-order chi connectivity index (χ1) is 14.0. The Balaban J connectivity index is 5.28. The molecule has 0 amide bonds. The molecule has 0 bridgehead atoms. The number of hydrogen-bond donors (Lipinski definition) is 3. The van der Waals surface area contributed by atoms with Crippen molar-refractivity contribution in [3.63, 3.8) is 0 Å². The predicted molar refractivity (Wildman–Crippen MR) is 117 cm³/mol. The van der Waals surface area contributed by atoms with Crippen molar-refractivity contribution in [1.29, 1.82) is 0 Å². The van der Waals surface area contributed by atoms with Gasteiger partial charge >= 0.3 is 17.9 Å². The lowest BCUT2D eigenvalue weighted by atomic mass is 10.0. The van der Waals surface area contributed by atoms with Crippen molar-refractivity contribution in [2.45, 2.75) is 79.1 Å². The minimum atomic E-state index is -0.969. The molecule has 3 atom stereocenters. The van der Waals surface area contributed by atoms with Gasteiger partial charge in [0.2, 0.25) is 0 Å². The Morgan fingerprint density at radius 1 is 0.700 bits per heavy atom. The van der Waals surface area contributed by atoms with Gasteiger partial charge in [0, 0.05) is 0 Å². The fraction of sp³-hybridized carbons (Fsp3) is 0.783. The number of rotatable bonds is 18. The number of aliphatic carboxylic acids is 3. The maximum atomic E-state index is 11.5. The average molecular weight is 429 g/mol. The zero-order valence-corrected chi connectivity index (χ0v) is 19.2. The molecule has 0 rings (SSSR count). The molecule has 174 valence electrons. The number of carboxylic acids is 3. The fourth-order valence-electron chi connectivity index (χ4n) is 3.79. The van der Waals surface area contributed by atoms with Crippen LogP contribution in [0.2, 0.25) is 0 Å². The molecule has 7 nitrogen and oxygen atoms in total. The van der Waals surface area contributed by atoms with Gasteiger partial charge in [0.25, 0.3) is 0 Å². The summed E-state index contributed by atoms with van der Waals surface area (Å²) < 4.78 is 0.0465. The molecule has 0 fully saturated rings. The first-order valence-corrected chi connectivity index (χ1v) is 11.3. The van der Waals surface area contributed by atoms with Crippen LogP contribution in [-0.2, 0) is 14.4 Å². The van der Waals surface area contributed by atoms with Crippen LogP contribution in [0.25, 0.3) is 0 Å². The van der Waals surface area contributed by atoms with Crippen LogP contribution in [0.1, 0.15) is 79.1 Å². The molecule has 0 spiro atoms. The molecule has 7 heteroatoms. The summed E-state index contributed by atoms with van der Waals surface area (Å²) in [7, 11) is 0. The maximum Gasteiger partial charge on any atom is 0.311 e. The molecular formula is C23H42NO6+. The van der Waals surface area contributed by atoms with E-state index in [0.29, 0.717) is 0 Å². The van der Waals surface area contributed by atoms with Crippen molar-refractivity contribution >= 4 is 17.9 Å². The molecule has 0 heterocycles. The number of quaternary nitrogens is 1. The number of carbonyl (C=O) groups is 3. The van der Waals surface area contributed by atoms with Gasteiger partial charge < -0.3 is 15.3 Å². The van der Waals surface area contributed by atoms with Crippen LogP contribution in [0, 0.1) is 17.8 Å². The predicted octanol–water partition coefficient (Wildman–Crippen LogP) is 4.62. The molecule has 30 heavy (non-hydrogen) atoms. The number of unbranched alkanes of at least 4 members (excludes halogenated alkanes) is 7. The number of nitrogens with zero attached hydrogens (tertiary/aromatic N) is 1. The molecule has 0 saturated heterocycles. The Morgan fingerprint density at radius 3 is 1.43 bits per heavy atom. The Kier molecular flexibility index (Phi) is 14.0. The van der Waals surface area contributed by atoms with Gasteiger partial charge in [0.05, 0.1) is 25.8 Å². The average Bonchev–Trinajstić information content (AvgIpc) is 2.66. The van der Waals surface area contributed by atoms with Crippen LogP contribution in [0.3, 0.4) is 0 Å². The lowest BCUT2D eigenvalue weighted by Crippen LogP contribution is -2.53. The Bertz CT molecular complexity index is 505. The minimum Gasteiger partial charge on any atom is -0.481 e. The monoisotopic (exact) mass is 428 g/mol. The SMILES string of the molecule is CCCCCCCCC/C=C/[N+](CC(C)C(=O)O)(CC(C)C(=O)O)CC(C)C(=O)O. The summed E-state index contributed by atoms with van der Waals surface area (Å²) in [4.78, 5) is 34.4. The van der Waals surface area contributed by atoms with E-state index in [1.807, 2.05) is 12.3 Å². The second kappa shape index (κ2) is 15.0. The standard InChI is InChI=1S/C23H41NO6/c1-5-6-7-8-9-10-11-12-13-14-24(15-18(2)21(25)26,16-19(3)22(27)28)17-20(4)23(29)30/h13-14,18-20H,5-12,15-17H2,1-4H3,(H2-,25,26,27,28,29,30)/p+1/b14-13+. The fourth-order valence-corrected chi connectivity index (χ4v) is 3.79. The van der Waals surface area contributed by atoms with Crippen molar-refractivity contribution in [3.8, 4) is 0 Å². The van der Waals surface area contributed by atoms with Gasteiger partial charge in [-0.3, -0.25) is 18.9 Å². The topological polar surface area (TPSA) is 112 Å². The van der Waals surface area contributed by atoms with E-state index < -0.39 is 35.7 Å². The van der Waals surface area contributed by atoms with Crippen molar-refractivity contribution in [2.75, 3.05) is 19.6 Å². The maximum absolute atomic E-state index is 11.5. The van der Waals surface area contributed by atoms with E-state index in [4.69, 9.17) is 0 Å². The molecule has 3 N–H and O–H groups in total.